The molecule has 0 N–H and O–H groups in total. The molecule has 0 amide bonds. The molecule has 204 valence electrons. The molecule has 2 aromatic heterocycles. The molecule has 0 saturated carbocycles. The van der Waals surface area contributed by atoms with E-state index in [4.69, 9.17) is 9.15 Å². The third-order valence-corrected chi connectivity index (χ3v) is 7.53. The fraction of sp³-hybridized carbons (Fsp3) is 0.344. The first-order valence-electron chi connectivity index (χ1n) is 13.4. The van der Waals surface area contributed by atoms with E-state index >= 15 is 0 Å². The summed E-state index contributed by atoms with van der Waals surface area (Å²) in [6.45, 7) is 10.5. The number of rotatable bonds is 13. The number of ether oxygens (including phenoxy) is 1. The van der Waals surface area contributed by atoms with Crippen LogP contribution in [0.2, 0.25) is 0 Å². The quantitative estimate of drug-likeness (QED) is 0.0985. The van der Waals surface area contributed by atoms with Crippen LogP contribution < -0.4 is 0 Å². The predicted octanol–water partition coefficient (Wildman–Crippen LogP) is 7.46. The number of aryl methyl sites for hydroxylation is 1. The highest BCUT2D eigenvalue weighted by molar-refractivity contribution is 8.01. The molecule has 0 bridgehead atoms. The van der Waals surface area contributed by atoms with Crippen molar-refractivity contribution in [3.63, 3.8) is 0 Å². The lowest BCUT2D eigenvalue weighted by Gasteiger charge is -2.23. The Kier molecular flexibility index (Phi) is 9.96. The molecular weight excluding hydrogens is 506 g/mol. The van der Waals surface area contributed by atoms with Gasteiger partial charge in [0.2, 0.25) is 0 Å². The standard InChI is InChI=1S/C32H37N3O3S/c1-5-6-17-38-31(36)32(3,4)39-29-15-11-25(12-16-29)20-35(22-28-8-7-18-37-28)21-27-19-30(34-23-33-27)26-13-9-24(2)10-14-26/h7-16,18-19,23H,5-6,17,20-22H2,1-4H3. The average molecular weight is 544 g/mol. The fourth-order valence-electron chi connectivity index (χ4n) is 4.13. The largest absolute Gasteiger partial charge is 0.468 e. The lowest BCUT2D eigenvalue weighted by Crippen LogP contribution is -2.30. The van der Waals surface area contributed by atoms with E-state index in [1.807, 2.05) is 26.0 Å². The van der Waals surface area contributed by atoms with Crippen LogP contribution in [-0.4, -0.2) is 32.2 Å². The fourth-order valence-corrected chi connectivity index (χ4v) is 5.13. The summed E-state index contributed by atoms with van der Waals surface area (Å²) in [6.07, 6.45) is 5.23. The minimum absolute atomic E-state index is 0.176. The van der Waals surface area contributed by atoms with Gasteiger partial charge in [0.05, 0.1) is 30.8 Å². The Morgan fingerprint density at radius 2 is 1.77 bits per heavy atom. The van der Waals surface area contributed by atoms with Crippen molar-refractivity contribution in [2.45, 2.75) is 69.8 Å². The number of aromatic nitrogens is 2. The normalized spacial score (nSPS) is 11.6. The van der Waals surface area contributed by atoms with Crippen LogP contribution in [0, 0.1) is 6.92 Å². The average Bonchev–Trinajstić information content (AvgIpc) is 3.43. The highest BCUT2D eigenvalue weighted by Gasteiger charge is 2.30. The SMILES string of the molecule is CCCCOC(=O)C(C)(C)Sc1ccc(CN(Cc2cc(-c3ccc(C)cc3)ncn2)Cc2ccco2)cc1. The minimum Gasteiger partial charge on any atom is -0.468 e. The number of nitrogens with zero attached hydrogens (tertiary/aromatic N) is 3. The van der Waals surface area contributed by atoms with Crippen molar-refractivity contribution < 1.29 is 13.9 Å². The Morgan fingerprint density at radius 1 is 1.00 bits per heavy atom. The van der Waals surface area contributed by atoms with E-state index in [9.17, 15) is 4.79 Å². The van der Waals surface area contributed by atoms with Gasteiger partial charge in [-0.2, -0.15) is 0 Å². The van der Waals surface area contributed by atoms with Gasteiger partial charge in [-0.25, -0.2) is 9.97 Å². The summed E-state index contributed by atoms with van der Waals surface area (Å²) in [4.78, 5) is 24.9. The summed E-state index contributed by atoms with van der Waals surface area (Å²) in [5.41, 5.74) is 5.32. The third-order valence-electron chi connectivity index (χ3n) is 6.34. The van der Waals surface area contributed by atoms with Gasteiger partial charge in [0.25, 0.3) is 0 Å². The molecule has 39 heavy (non-hydrogen) atoms. The number of hydrogen-bond acceptors (Lipinski definition) is 7. The van der Waals surface area contributed by atoms with E-state index in [0.29, 0.717) is 19.7 Å². The van der Waals surface area contributed by atoms with Crippen molar-refractivity contribution in [2.75, 3.05) is 6.61 Å². The molecule has 0 aliphatic carbocycles. The first-order chi connectivity index (χ1) is 18.8. The maximum absolute atomic E-state index is 12.5. The number of unbranched alkanes of at least 4 members (excludes halogenated alkanes) is 1. The van der Waals surface area contributed by atoms with Gasteiger partial charge in [0.1, 0.15) is 16.8 Å². The van der Waals surface area contributed by atoms with Crippen molar-refractivity contribution in [3.05, 3.63) is 102 Å². The number of carbonyl (C=O) groups excluding carboxylic acids is 1. The van der Waals surface area contributed by atoms with Gasteiger partial charge in [-0.3, -0.25) is 9.69 Å². The van der Waals surface area contributed by atoms with Crippen molar-refractivity contribution in [2.24, 2.45) is 0 Å². The van der Waals surface area contributed by atoms with Crippen LogP contribution >= 0.6 is 11.8 Å². The molecule has 4 rings (SSSR count). The first-order valence-corrected chi connectivity index (χ1v) is 14.2. The van der Waals surface area contributed by atoms with E-state index in [2.05, 4.69) is 83.3 Å². The molecule has 0 spiro atoms. The summed E-state index contributed by atoms with van der Waals surface area (Å²) in [7, 11) is 0. The molecule has 0 atom stereocenters. The van der Waals surface area contributed by atoms with Gasteiger partial charge in [0.15, 0.2) is 0 Å². The summed E-state index contributed by atoms with van der Waals surface area (Å²) >= 11 is 1.53. The van der Waals surface area contributed by atoms with Crippen LogP contribution in [-0.2, 0) is 29.2 Å². The Hall–Kier alpha value is -3.42. The summed E-state index contributed by atoms with van der Waals surface area (Å²) in [5, 5.41) is 0. The highest BCUT2D eigenvalue weighted by atomic mass is 32.2. The van der Waals surface area contributed by atoms with Gasteiger partial charge in [-0.1, -0.05) is 55.3 Å². The van der Waals surface area contributed by atoms with Crippen LogP contribution in [0.25, 0.3) is 11.3 Å². The number of carbonyl (C=O) groups is 1. The van der Waals surface area contributed by atoms with E-state index in [1.54, 1.807) is 12.6 Å². The molecule has 0 unspecified atom stereocenters. The molecule has 2 aromatic carbocycles. The Labute approximate surface area is 235 Å². The number of benzene rings is 2. The van der Waals surface area contributed by atoms with Crippen molar-refractivity contribution >= 4 is 17.7 Å². The molecule has 2 heterocycles. The molecule has 0 fully saturated rings. The molecule has 7 heteroatoms. The van der Waals surface area contributed by atoms with Gasteiger partial charge in [-0.15, -0.1) is 11.8 Å². The van der Waals surface area contributed by atoms with Gasteiger partial charge in [-0.05, 0) is 63.1 Å². The third kappa shape index (κ3) is 8.53. The van der Waals surface area contributed by atoms with Crippen LogP contribution in [0.15, 0.2) is 88.6 Å². The number of hydrogen-bond donors (Lipinski definition) is 0. The second-order valence-electron chi connectivity index (χ2n) is 10.2. The van der Waals surface area contributed by atoms with Crippen LogP contribution in [0.3, 0.4) is 0 Å². The zero-order valence-corrected chi connectivity index (χ0v) is 24.0. The smallest absolute Gasteiger partial charge is 0.321 e. The zero-order valence-electron chi connectivity index (χ0n) is 23.2. The Bertz CT molecular complexity index is 1320. The zero-order chi connectivity index (χ0) is 27.7. The maximum Gasteiger partial charge on any atom is 0.321 e. The van der Waals surface area contributed by atoms with Crippen molar-refractivity contribution in [1.29, 1.82) is 0 Å². The second-order valence-corrected chi connectivity index (χ2v) is 11.9. The van der Waals surface area contributed by atoms with E-state index < -0.39 is 4.75 Å². The van der Waals surface area contributed by atoms with Crippen molar-refractivity contribution in [3.8, 4) is 11.3 Å². The molecule has 0 aliphatic heterocycles. The van der Waals surface area contributed by atoms with Crippen LogP contribution in [0.5, 0.6) is 0 Å². The predicted molar refractivity (Wildman–Crippen MR) is 156 cm³/mol. The van der Waals surface area contributed by atoms with E-state index in [-0.39, 0.29) is 5.97 Å². The minimum atomic E-state index is -0.650. The van der Waals surface area contributed by atoms with E-state index in [0.717, 1.165) is 47.0 Å². The van der Waals surface area contributed by atoms with Crippen LogP contribution in [0.1, 0.15) is 56.2 Å². The Balaban J connectivity index is 1.45. The molecule has 0 radical (unpaired) electrons. The molecule has 0 aliphatic rings. The van der Waals surface area contributed by atoms with Crippen LogP contribution in [0.4, 0.5) is 0 Å². The van der Waals surface area contributed by atoms with Gasteiger partial charge in [0, 0.05) is 23.5 Å². The summed E-state index contributed by atoms with van der Waals surface area (Å²) in [5.74, 6) is 0.725. The monoisotopic (exact) mass is 543 g/mol. The Morgan fingerprint density at radius 3 is 2.46 bits per heavy atom. The summed E-state index contributed by atoms with van der Waals surface area (Å²) < 4.78 is 10.5. The molecular formula is C32H37N3O3S. The number of thioether (sulfide) groups is 1. The molecule has 4 aromatic rings. The first kappa shape index (κ1) is 28.6. The lowest BCUT2D eigenvalue weighted by molar-refractivity contribution is -0.145. The summed E-state index contributed by atoms with van der Waals surface area (Å²) in [6, 6.07) is 22.7. The number of esters is 1. The maximum atomic E-state index is 12.5. The second kappa shape index (κ2) is 13.6. The number of furan rings is 1. The topological polar surface area (TPSA) is 68.5 Å². The molecule has 0 saturated heterocycles. The van der Waals surface area contributed by atoms with Crippen molar-refractivity contribution in [1.82, 2.24) is 14.9 Å². The van der Waals surface area contributed by atoms with E-state index in [1.165, 1.54) is 22.9 Å². The van der Waals surface area contributed by atoms with Gasteiger partial charge < -0.3 is 9.15 Å². The van der Waals surface area contributed by atoms with Gasteiger partial charge >= 0.3 is 5.97 Å². The molecule has 6 nitrogen and oxygen atoms in total. The lowest BCUT2D eigenvalue weighted by atomic mass is 10.1. The highest BCUT2D eigenvalue weighted by Crippen LogP contribution is 2.34.